The van der Waals surface area contributed by atoms with E-state index in [9.17, 15) is 4.79 Å². The van der Waals surface area contributed by atoms with Crippen molar-refractivity contribution in [2.75, 3.05) is 27.2 Å². The molecule has 5 nitrogen and oxygen atoms in total. The highest BCUT2D eigenvalue weighted by Gasteiger charge is 2.23. The van der Waals surface area contributed by atoms with Gasteiger partial charge in [0.1, 0.15) is 0 Å². The van der Waals surface area contributed by atoms with E-state index in [1.807, 2.05) is 42.4 Å². The first-order chi connectivity index (χ1) is 14.1. The Morgan fingerprint density at radius 1 is 1.17 bits per heavy atom. The molecule has 1 N–H and O–H groups in total. The van der Waals surface area contributed by atoms with Gasteiger partial charge < -0.3 is 14.8 Å². The van der Waals surface area contributed by atoms with Gasteiger partial charge in [0.05, 0.1) is 11.4 Å². The molecule has 1 aliphatic rings. The molecule has 0 unspecified atom stereocenters. The molecule has 4 rings (SSSR count). The molecule has 1 fully saturated rings. The molecule has 0 aliphatic carbocycles. The highest BCUT2D eigenvalue weighted by Crippen LogP contribution is 2.30. The molecule has 1 amide bonds. The molecule has 3 heterocycles. The minimum absolute atomic E-state index is 0.263. The number of carbonyl (C=O) groups excluding carboxylic acids is 1. The number of aromatic amines is 1. The summed E-state index contributed by atoms with van der Waals surface area (Å²) in [5, 5.41) is 1.23. The number of fused-ring (bicyclic) bond motifs is 1. The monoisotopic (exact) mass is 390 g/mol. The Kier molecular flexibility index (Phi) is 5.95. The smallest absolute Gasteiger partial charge is 0.222 e. The van der Waals surface area contributed by atoms with E-state index in [-0.39, 0.29) is 5.91 Å². The van der Waals surface area contributed by atoms with Crippen LogP contribution in [0.3, 0.4) is 0 Å². The average Bonchev–Trinajstić information content (AvgIpc) is 3.13. The number of likely N-dealkylation sites (tertiary alicyclic amines) is 1. The second-order valence-corrected chi connectivity index (χ2v) is 8.13. The van der Waals surface area contributed by atoms with Crippen LogP contribution in [-0.4, -0.2) is 58.9 Å². The van der Waals surface area contributed by atoms with Crippen LogP contribution in [0.25, 0.3) is 22.3 Å². The van der Waals surface area contributed by atoms with Crippen LogP contribution in [0.1, 0.15) is 31.2 Å². The molecule has 0 spiro atoms. The van der Waals surface area contributed by atoms with E-state index in [2.05, 4.69) is 40.1 Å². The number of nitrogens with zero attached hydrogens (tertiary/aromatic N) is 3. The van der Waals surface area contributed by atoms with E-state index in [0.29, 0.717) is 12.5 Å². The summed E-state index contributed by atoms with van der Waals surface area (Å²) in [5.41, 5.74) is 4.41. The highest BCUT2D eigenvalue weighted by molar-refractivity contribution is 5.90. The van der Waals surface area contributed by atoms with Gasteiger partial charge in [0.15, 0.2) is 0 Å². The normalized spacial score (nSPS) is 15.7. The number of hydrogen-bond donors (Lipinski definition) is 1. The molecule has 0 atom stereocenters. The summed E-state index contributed by atoms with van der Waals surface area (Å²) >= 11 is 0. The number of H-pyrrole nitrogens is 1. The first-order valence-electron chi connectivity index (χ1n) is 10.6. The number of piperidine rings is 1. The van der Waals surface area contributed by atoms with E-state index in [4.69, 9.17) is 0 Å². The molecule has 0 radical (unpaired) electrons. The zero-order valence-electron chi connectivity index (χ0n) is 17.4. The number of rotatable bonds is 6. The maximum Gasteiger partial charge on any atom is 0.222 e. The second-order valence-electron chi connectivity index (χ2n) is 8.13. The summed E-state index contributed by atoms with van der Waals surface area (Å²) in [6.45, 7) is 2.15. The first-order valence-corrected chi connectivity index (χ1v) is 10.6. The topological polar surface area (TPSA) is 52.2 Å². The lowest BCUT2D eigenvalue weighted by Gasteiger charge is -2.35. The minimum Gasteiger partial charge on any atom is -0.353 e. The van der Waals surface area contributed by atoms with Gasteiger partial charge in [0.2, 0.25) is 5.91 Å². The maximum atomic E-state index is 12.8. The van der Waals surface area contributed by atoms with Crippen molar-refractivity contribution in [3.8, 4) is 11.4 Å². The summed E-state index contributed by atoms with van der Waals surface area (Å²) in [6, 6.07) is 14.7. The number of hydrogen-bond acceptors (Lipinski definition) is 3. The lowest BCUT2D eigenvalue weighted by Crippen LogP contribution is -2.44. The van der Waals surface area contributed by atoms with Gasteiger partial charge in [0, 0.05) is 36.6 Å². The van der Waals surface area contributed by atoms with Gasteiger partial charge in [-0.1, -0.05) is 24.3 Å². The predicted molar refractivity (Wildman–Crippen MR) is 118 cm³/mol. The van der Waals surface area contributed by atoms with Crippen molar-refractivity contribution in [2.45, 2.75) is 38.1 Å². The van der Waals surface area contributed by atoms with Gasteiger partial charge in [-0.3, -0.25) is 9.78 Å². The zero-order valence-corrected chi connectivity index (χ0v) is 17.4. The number of carbonyl (C=O) groups is 1. The third-order valence-corrected chi connectivity index (χ3v) is 6.18. The van der Waals surface area contributed by atoms with E-state index >= 15 is 0 Å². The molecular formula is C24H30N4O. The molecule has 1 aromatic carbocycles. The number of para-hydroxylation sites is 1. The van der Waals surface area contributed by atoms with Crippen molar-refractivity contribution in [3.05, 3.63) is 54.2 Å². The Balaban J connectivity index is 1.45. The third kappa shape index (κ3) is 4.35. The van der Waals surface area contributed by atoms with Crippen LogP contribution in [0.4, 0.5) is 0 Å². The Morgan fingerprint density at radius 2 is 1.93 bits per heavy atom. The van der Waals surface area contributed by atoms with Crippen LogP contribution >= 0.6 is 0 Å². The van der Waals surface area contributed by atoms with E-state index in [1.165, 1.54) is 10.9 Å². The molecular weight excluding hydrogens is 360 g/mol. The van der Waals surface area contributed by atoms with Gasteiger partial charge in [-0.15, -0.1) is 0 Å². The van der Waals surface area contributed by atoms with Crippen molar-refractivity contribution >= 4 is 16.8 Å². The SMILES string of the molecule is CN1CCC(N(C)C(=O)CCCc2c(-c3ccccn3)[nH]c3ccccc23)CC1. The van der Waals surface area contributed by atoms with E-state index in [1.54, 1.807) is 0 Å². The van der Waals surface area contributed by atoms with Gasteiger partial charge in [0.25, 0.3) is 0 Å². The summed E-state index contributed by atoms with van der Waals surface area (Å²) in [5.74, 6) is 0.263. The highest BCUT2D eigenvalue weighted by atomic mass is 16.2. The van der Waals surface area contributed by atoms with Crippen LogP contribution in [-0.2, 0) is 11.2 Å². The molecule has 5 heteroatoms. The van der Waals surface area contributed by atoms with Crippen LogP contribution < -0.4 is 0 Å². The number of aromatic nitrogens is 2. The molecule has 1 aliphatic heterocycles. The van der Waals surface area contributed by atoms with Crippen molar-refractivity contribution in [1.82, 2.24) is 19.8 Å². The van der Waals surface area contributed by atoms with Crippen molar-refractivity contribution < 1.29 is 4.79 Å². The summed E-state index contributed by atoms with van der Waals surface area (Å²) in [6.07, 6.45) is 6.27. The molecule has 2 aromatic heterocycles. The number of benzene rings is 1. The number of nitrogens with one attached hydrogen (secondary N) is 1. The van der Waals surface area contributed by atoms with Gasteiger partial charge in [-0.05, 0) is 69.6 Å². The Morgan fingerprint density at radius 3 is 2.69 bits per heavy atom. The largest absolute Gasteiger partial charge is 0.353 e. The lowest BCUT2D eigenvalue weighted by atomic mass is 10.0. The minimum atomic E-state index is 0.263. The Bertz CT molecular complexity index is 957. The number of pyridine rings is 1. The van der Waals surface area contributed by atoms with Gasteiger partial charge in [-0.2, -0.15) is 0 Å². The molecule has 3 aromatic rings. The average molecular weight is 391 g/mol. The van der Waals surface area contributed by atoms with Crippen LogP contribution in [0.15, 0.2) is 48.7 Å². The molecule has 1 saturated heterocycles. The molecule has 29 heavy (non-hydrogen) atoms. The summed E-state index contributed by atoms with van der Waals surface area (Å²) in [4.78, 5) is 25.2. The maximum absolute atomic E-state index is 12.8. The van der Waals surface area contributed by atoms with Crippen molar-refractivity contribution in [2.24, 2.45) is 0 Å². The van der Waals surface area contributed by atoms with Crippen LogP contribution in [0.2, 0.25) is 0 Å². The second kappa shape index (κ2) is 8.78. The quantitative estimate of drug-likeness (QED) is 0.689. The van der Waals surface area contributed by atoms with Gasteiger partial charge in [-0.25, -0.2) is 0 Å². The molecule has 152 valence electrons. The summed E-state index contributed by atoms with van der Waals surface area (Å²) < 4.78 is 0. The van der Waals surface area contributed by atoms with Crippen LogP contribution in [0.5, 0.6) is 0 Å². The summed E-state index contributed by atoms with van der Waals surface area (Å²) in [7, 11) is 4.13. The van der Waals surface area contributed by atoms with Gasteiger partial charge >= 0.3 is 0 Å². The standard InChI is InChI=1S/C24H30N4O/c1-27-16-13-18(14-17-27)28(2)23(29)12-7-9-20-19-8-3-4-10-21(19)26-24(20)22-11-5-6-15-25-22/h3-6,8,10-11,15,18,26H,7,9,12-14,16-17H2,1-2H3. The fourth-order valence-corrected chi connectivity index (χ4v) is 4.37. The van der Waals surface area contributed by atoms with E-state index < -0.39 is 0 Å². The fourth-order valence-electron chi connectivity index (χ4n) is 4.37. The Labute approximate surface area is 172 Å². The molecule has 0 bridgehead atoms. The van der Waals surface area contributed by atoms with Crippen LogP contribution in [0, 0.1) is 0 Å². The Hall–Kier alpha value is -2.66. The predicted octanol–water partition coefficient (Wildman–Crippen LogP) is 4.11. The first kappa shape index (κ1) is 19.6. The fraction of sp³-hybridized carbons (Fsp3) is 0.417. The number of amides is 1. The lowest BCUT2D eigenvalue weighted by molar-refractivity contribution is -0.132. The third-order valence-electron chi connectivity index (χ3n) is 6.18. The zero-order chi connectivity index (χ0) is 20.2. The van der Waals surface area contributed by atoms with E-state index in [0.717, 1.165) is 55.7 Å². The molecule has 0 saturated carbocycles. The number of aryl methyl sites for hydroxylation is 1. The van der Waals surface area contributed by atoms with Crippen molar-refractivity contribution in [3.63, 3.8) is 0 Å². The van der Waals surface area contributed by atoms with Crippen molar-refractivity contribution in [1.29, 1.82) is 0 Å².